The predicted molar refractivity (Wildman–Crippen MR) is 147 cm³/mol. The fourth-order valence-electron chi connectivity index (χ4n) is 5.96. The van der Waals surface area contributed by atoms with Gasteiger partial charge in [-0.05, 0) is 25.7 Å². The summed E-state index contributed by atoms with van der Waals surface area (Å²) in [4.78, 5) is 0. The average Bonchev–Trinajstić information content (AvgIpc) is 3.27. The van der Waals surface area contributed by atoms with Crippen LogP contribution < -0.4 is 0 Å². The molecular weight excluding hydrogens is 386 g/mol. The van der Waals surface area contributed by atoms with E-state index in [4.69, 9.17) is 0 Å². The molecule has 0 atom stereocenters. The van der Waals surface area contributed by atoms with Gasteiger partial charge < -0.3 is 4.48 Å². The number of likely N-dealkylation sites (tertiary alicyclic amines) is 1. The molecule has 0 aromatic carbocycles. The molecule has 1 aliphatic heterocycles. The van der Waals surface area contributed by atoms with E-state index in [1.54, 1.807) is 0 Å². The maximum absolute atomic E-state index is 2.32. The number of hydrogen-bond donors (Lipinski definition) is 0. The van der Waals surface area contributed by atoms with Crippen LogP contribution in [0.4, 0.5) is 0 Å². The number of unbranched alkanes of at least 4 members (excludes halogenated alkanes) is 21. The molecule has 0 radical (unpaired) electrons. The number of rotatable bonds is 25. The zero-order valence-electron chi connectivity index (χ0n) is 23.0. The highest BCUT2D eigenvalue weighted by molar-refractivity contribution is 4.57. The van der Waals surface area contributed by atoms with Crippen molar-refractivity contribution in [2.24, 2.45) is 0 Å². The third kappa shape index (κ3) is 17.4. The highest BCUT2D eigenvalue weighted by atomic mass is 15.4. The molecule has 0 saturated carbocycles. The van der Waals surface area contributed by atoms with E-state index in [9.17, 15) is 0 Å². The van der Waals surface area contributed by atoms with E-state index in [2.05, 4.69) is 13.8 Å². The Morgan fingerprint density at radius 2 is 0.594 bits per heavy atom. The minimum atomic E-state index is 1.37. The summed E-state index contributed by atoms with van der Waals surface area (Å²) < 4.78 is 1.49. The van der Waals surface area contributed by atoms with Crippen LogP contribution in [-0.2, 0) is 0 Å². The van der Waals surface area contributed by atoms with E-state index in [1.165, 1.54) is 191 Å². The molecule has 1 nitrogen and oxygen atoms in total. The first-order valence-corrected chi connectivity index (χ1v) is 15.7. The van der Waals surface area contributed by atoms with E-state index < -0.39 is 0 Å². The number of nitrogens with zero attached hydrogens (tertiary/aromatic N) is 1. The summed E-state index contributed by atoms with van der Waals surface area (Å²) in [5.41, 5.74) is 0. The van der Waals surface area contributed by atoms with Crippen molar-refractivity contribution in [3.63, 3.8) is 0 Å². The van der Waals surface area contributed by atoms with Crippen LogP contribution in [-0.4, -0.2) is 30.7 Å². The van der Waals surface area contributed by atoms with Gasteiger partial charge in [0.2, 0.25) is 0 Å². The van der Waals surface area contributed by atoms with E-state index in [-0.39, 0.29) is 0 Å². The van der Waals surface area contributed by atoms with Gasteiger partial charge in [-0.1, -0.05) is 136 Å². The van der Waals surface area contributed by atoms with Crippen LogP contribution in [0.3, 0.4) is 0 Å². The molecule has 0 aromatic heterocycles. The Bertz CT molecular complexity index is 357. The minimum Gasteiger partial charge on any atom is -0.324 e. The molecule has 1 heterocycles. The lowest BCUT2D eigenvalue weighted by molar-refractivity contribution is -0.917. The highest BCUT2D eigenvalue weighted by Gasteiger charge is 2.30. The smallest absolute Gasteiger partial charge is 0.0788 e. The van der Waals surface area contributed by atoms with Crippen LogP contribution in [0.2, 0.25) is 0 Å². The molecule has 0 N–H and O–H groups in total. The molecule has 1 rings (SSSR count). The fourth-order valence-corrected chi connectivity index (χ4v) is 5.96. The summed E-state index contributed by atoms with van der Waals surface area (Å²) in [6.45, 7) is 10.6. The maximum Gasteiger partial charge on any atom is 0.0788 e. The molecule has 1 saturated heterocycles. The van der Waals surface area contributed by atoms with Crippen molar-refractivity contribution in [1.29, 1.82) is 0 Å². The number of quaternary nitrogens is 1. The van der Waals surface area contributed by atoms with Crippen LogP contribution in [0.5, 0.6) is 0 Å². The summed E-state index contributed by atoms with van der Waals surface area (Å²) >= 11 is 0. The Labute approximate surface area is 205 Å². The van der Waals surface area contributed by atoms with Crippen molar-refractivity contribution in [2.75, 3.05) is 26.2 Å². The van der Waals surface area contributed by atoms with Crippen LogP contribution >= 0.6 is 0 Å². The van der Waals surface area contributed by atoms with Gasteiger partial charge in [-0.25, -0.2) is 0 Å². The van der Waals surface area contributed by atoms with Crippen molar-refractivity contribution in [3.05, 3.63) is 0 Å². The molecule has 0 amide bonds. The normalized spacial score (nSPS) is 15.6. The molecule has 1 heteroatoms. The third-order valence-corrected chi connectivity index (χ3v) is 8.24. The second-order valence-electron chi connectivity index (χ2n) is 11.4. The lowest BCUT2D eigenvalue weighted by Crippen LogP contribution is -2.46. The monoisotopic (exact) mass is 451 g/mol. The van der Waals surface area contributed by atoms with Crippen molar-refractivity contribution in [3.8, 4) is 0 Å². The molecular formula is C31H64N+. The lowest BCUT2D eigenvalue weighted by atomic mass is 10.0. The summed E-state index contributed by atoms with van der Waals surface area (Å²) in [7, 11) is 0. The second-order valence-corrected chi connectivity index (χ2v) is 11.4. The first-order valence-electron chi connectivity index (χ1n) is 15.7. The standard InChI is InChI=1S/C31H64N/c1-3-5-7-9-11-12-13-14-15-16-17-18-19-20-21-23-25-29-32(30-26-27-31-32)28-24-22-10-8-6-4-2/h3-31H2,1-2H3/q+1. The highest BCUT2D eigenvalue weighted by Crippen LogP contribution is 2.23. The van der Waals surface area contributed by atoms with E-state index >= 15 is 0 Å². The SMILES string of the molecule is CCCCCCCCCCCCCCCCCCC[N+]1(CCCCCCCC)CCCC1. The Morgan fingerprint density at radius 1 is 0.344 bits per heavy atom. The quantitative estimate of drug-likeness (QED) is 0.0958. The third-order valence-electron chi connectivity index (χ3n) is 8.24. The van der Waals surface area contributed by atoms with Crippen LogP contribution in [0.15, 0.2) is 0 Å². The van der Waals surface area contributed by atoms with Gasteiger partial charge in [0.25, 0.3) is 0 Å². The lowest BCUT2D eigenvalue weighted by Gasteiger charge is -2.34. The Morgan fingerprint density at radius 3 is 0.875 bits per heavy atom. The fraction of sp³-hybridized carbons (Fsp3) is 1.00. The predicted octanol–water partition coefficient (Wildman–Crippen LogP) is 10.6. The zero-order valence-corrected chi connectivity index (χ0v) is 23.0. The first-order chi connectivity index (χ1) is 15.8. The van der Waals surface area contributed by atoms with Crippen LogP contribution in [0.25, 0.3) is 0 Å². The first kappa shape index (κ1) is 30.0. The summed E-state index contributed by atoms with van der Waals surface area (Å²) in [6.07, 6.45) is 36.9. The van der Waals surface area contributed by atoms with Crippen LogP contribution in [0.1, 0.15) is 174 Å². The van der Waals surface area contributed by atoms with Gasteiger partial charge in [-0.2, -0.15) is 0 Å². The second kappa shape index (κ2) is 22.7. The van der Waals surface area contributed by atoms with Crippen molar-refractivity contribution in [1.82, 2.24) is 0 Å². The molecule has 0 aliphatic carbocycles. The van der Waals surface area contributed by atoms with Gasteiger partial charge in [0.15, 0.2) is 0 Å². The van der Waals surface area contributed by atoms with Gasteiger partial charge in [0.1, 0.15) is 0 Å². The van der Waals surface area contributed by atoms with Gasteiger partial charge in [0, 0.05) is 12.8 Å². The van der Waals surface area contributed by atoms with Crippen molar-refractivity contribution < 1.29 is 4.48 Å². The Hall–Kier alpha value is -0.0400. The van der Waals surface area contributed by atoms with Gasteiger partial charge in [-0.3, -0.25) is 0 Å². The maximum atomic E-state index is 2.32. The van der Waals surface area contributed by atoms with Crippen molar-refractivity contribution in [2.45, 2.75) is 174 Å². The molecule has 0 bridgehead atoms. The van der Waals surface area contributed by atoms with Crippen LogP contribution in [0, 0.1) is 0 Å². The summed E-state index contributed by atoms with van der Waals surface area (Å²) in [6, 6.07) is 0. The molecule has 192 valence electrons. The van der Waals surface area contributed by atoms with Gasteiger partial charge >= 0.3 is 0 Å². The Balaban J connectivity index is 1.85. The molecule has 0 unspecified atom stereocenters. The topological polar surface area (TPSA) is 0 Å². The minimum absolute atomic E-state index is 1.37. The average molecular weight is 451 g/mol. The molecule has 0 aromatic rings. The van der Waals surface area contributed by atoms with E-state index in [0.29, 0.717) is 0 Å². The zero-order chi connectivity index (χ0) is 23.0. The largest absolute Gasteiger partial charge is 0.324 e. The van der Waals surface area contributed by atoms with Gasteiger partial charge in [0.05, 0.1) is 26.2 Å². The molecule has 1 aliphatic rings. The Kier molecular flexibility index (Phi) is 21.3. The number of hydrogen-bond acceptors (Lipinski definition) is 0. The van der Waals surface area contributed by atoms with E-state index in [0.717, 1.165) is 0 Å². The van der Waals surface area contributed by atoms with Gasteiger partial charge in [-0.15, -0.1) is 0 Å². The summed E-state index contributed by atoms with van der Waals surface area (Å²) in [5, 5.41) is 0. The summed E-state index contributed by atoms with van der Waals surface area (Å²) in [5.74, 6) is 0. The van der Waals surface area contributed by atoms with E-state index in [1.807, 2.05) is 0 Å². The molecule has 32 heavy (non-hydrogen) atoms. The van der Waals surface area contributed by atoms with Crippen molar-refractivity contribution >= 4 is 0 Å². The molecule has 0 spiro atoms. The molecule has 1 fully saturated rings.